The minimum absolute atomic E-state index is 0.738. The average molecular weight is 469 g/mol. The molecule has 1 aromatic heterocycles. The van der Waals surface area contributed by atoms with E-state index in [-0.39, 0.29) is 0 Å². The molecule has 2 heteroatoms. The monoisotopic (exact) mass is 468 g/mol. The fourth-order valence-electron chi connectivity index (χ4n) is 5.71. The van der Waals surface area contributed by atoms with E-state index in [4.69, 9.17) is 5.10 Å². The number of aryl methyl sites for hydroxylation is 1. The van der Waals surface area contributed by atoms with Gasteiger partial charge in [0.05, 0.1) is 0 Å². The fourth-order valence-corrected chi connectivity index (χ4v) is 5.71. The van der Waals surface area contributed by atoms with Crippen LogP contribution in [0.1, 0.15) is 82.9 Å². The maximum atomic E-state index is 5.33. The Morgan fingerprint density at radius 2 is 1.60 bits per heavy atom. The Labute approximate surface area is 213 Å². The summed E-state index contributed by atoms with van der Waals surface area (Å²) in [6.45, 7) is 11.7. The SMILES string of the molecule is C=C(C)CCCC1CCC(Cn2nc(-c3ccc(C)cc3)c(-c3ccccc3)c2CCCC)CC1. The van der Waals surface area contributed by atoms with Gasteiger partial charge in [-0.2, -0.15) is 5.10 Å². The van der Waals surface area contributed by atoms with E-state index in [9.17, 15) is 0 Å². The van der Waals surface area contributed by atoms with E-state index >= 15 is 0 Å². The highest BCUT2D eigenvalue weighted by molar-refractivity contribution is 5.83. The van der Waals surface area contributed by atoms with Gasteiger partial charge in [-0.1, -0.05) is 98.3 Å². The van der Waals surface area contributed by atoms with Crippen LogP contribution in [-0.4, -0.2) is 9.78 Å². The summed E-state index contributed by atoms with van der Waals surface area (Å²) < 4.78 is 2.40. The molecule has 0 spiro atoms. The van der Waals surface area contributed by atoms with Gasteiger partial charge in [-0.25, -0.2) is 0 Å². The zero-order valence-electron chi connectivity index (χ0n) is 22.2. The molecule has 1 fully saturated rings. The Kier molecular flexibility index (Phi) is 9.01. The summed E-state index contributed by atoms with van der Waals surface area (Å²) in [5.41, 5.74) is 9.06. The Morgan fingerprint density at radius 3 is 2.26 bits per heavy atom. The summed E-state index contributed by atoms with van der Waals surface area (Å²) in [6, 6.07) is 19.8. The maximum Gasteiger partial charge on any atom is 0.100 e. The third-order valence-electron chi connectivity index (χ3n) is 7.83. The number of unbranched alkanes of at least 4 members (excludes halogenated alkanes) is 1. The van der Waals surface area contributed by atoms with Gasteiger partial charge in [-0.15, -0.1) is 6.58 Å². The number of hydrogen-bond acceptors (Lipinski definition) is 1. The van der Waals surface area contributed by atoms with E-state index in [1.54, 1.807) is 0 Å². The number of aromatic nitrogens is 2. The molecular formula is C33H44N2. The summed E-state index contributed by atoms with van der Waals surface area (Å²) in [7, 11) is 0. The zero-order valence-corrected chi connectivity index (χ0v) is 22.2. The molecule has 1 aliphatic rings. The minimum Gasteiger partial charge on any atom is -0.268 e. The van der Waals surface area contributed by atoms with Crippen LogP contribution in [0.2, 0.25) is 0 Å². The minimum atomic E-state index is 0.738. The lowest BCUT2D eigenvalue weighted by molar-refractivity contribution is 0.233. The van der Waals surface area contributed by atoms with Crippen LogP contribution in [0.15, 0.2) is 66.7 Å². The highest BCUT2D eigenvalue weighted by Crippen LogP contribution is 2.38. The normalized spacial score (nSPS) is 18.0. The van der Waals surface area contributed by atoms with Crippen molar-refractivity contribution in [2.45, 2.75) is 91.5 Å². The second-order valence-corrected chi connectivity index (χ2v) is 10.9. The van der Waals surface area contributed by atoms with Crippen molar-refractivity contribution in [3.8, 4) is 22.4 Å². The molecule has 35 heavy (non-hydrogen) atoms. The molecule has 0 atom stereocenters. The number of rotatable bonds is 11. The molecule has 1 saturated carbocycles. The summed E-state index contributed by atoms with van der Waals surface area (Å²) in [5, 5.41) is 5.33. The van der Waals surface area contributed by atoms with Crippen molar-refractivity contribution >= 4 is 0 Å². The molecule has 0 saturated heterocycles. The maximum absolute atomic E-state index is 5.33. The van der Waals surface area contributed by atoms with Gasteiger partial charge in [0.2, 0.25) is 0 Å². The average Bonchev–Trinajstić information content (AvgIpc) is 3.22. The van der Waals surface area contributed by atoms with Crippen LogP contribution in [0.25, 0.3) is 22.4 Å². The molecule has 3 aromatic rings. The Hall–Kier alpha value is -2.61. The van der Waals surface area contributed by atoms with E-state index in [2.05, 4.69) is 86.6 Å². The van der Waals surface area contributed by atoms with E-state index in [1.165, 1.54) is 91.3 Å². The molecule has 0 unspecified atom stereocenters. The van der Waals surface area contributed by atoms with Gasteiger partial charge in [0.25, 0.3) is 0 Å². The number of nitrogens with zero attached hydrogens (tertiary/aromatic N) is 2. The van der Waals surface area contributed by atoms with Gasteiger partial charge in [0.15, 0.2) is 0 Å². The lowest BCUT2D eigenvalue weighted by atomic mass is 9.79. The number of allylic oxidation sites excluding steroid dienone is 1. The predicted octanol–water partition coefficient (Wildman–Crippen LogP) is 9.42. The summed E-state index contributed by atoms with van der Waals surface area (Å²) >= 11 is 0. The third-order valence-corrected chi connectivity index (χ3v) is 7.83. The second-order valence-electron chi connectivity index (χ2n) is 10.9. The topological polar surface area (TPSA) is 17.8 Å². The molecule has 2 nitrogen and oxygen atoms in total. The Bertz CT molecular complexity index is 1070. The summed E-state index contributed by atoms with van der Waals surface area (Å²) in [4.78, 5) is 0. The van der Waals surface area contributed by atoms with Crippen molar-refractivity contribution in [3.05, 3.63) is 78.0 Å². The zero-order chi connectivity index (χ0) is 24.6. The smallest absolute Gasteiger partial charge is 0.100 e. The molecule has 186 valence electrons. The van der Waals surface area contributed by atoms with Crippen molar-refractivity contribution in [3.63, 3.8) is 0 Å². The van der Waals surface area contributed by atoms with Crippen LogP contribution in [0, 0.1) is 18.8 Å². The Morgan fingerprint density at radius 1 is 0.914 bits per heavy atom. The summed E-state index contributed by atoms with van der Waals surface area (Å²) in [6.07, 6.45) is 12.8. The molecule has 0 radical (unpaired) electrons. The van der Waals surface area contributed by atoms with Crippen molar-refractivity contribution in [2.24, 2.45) is 11.8 Å². The van der Waals surface area contributed by atoms with Gasteiger partial charge in [-0.05, 0) is 69.8 Å². The standard InChI is InChI=1S/C33H44N2/c1-5-6-15-31-32(29-13-8-7-9-14-29)33(30-22-16-26(4)17-23-30)34-35(31)24-28-20-18-27(19-21-28)12-10-11-25(2)3/h7-9,13-14,16-17,22-23,27-28H,2,5-6,10-12,15,18-21,24H2,1,3-4H3. The number of benzene rings is 2. The van der Waals surface area contributed by atoms with Crippen LogP contribution in [0.5, 0.6) is 0 Å². The van der Waals surface area contributed by atoms with Gasteiger partial charge in [0, 0.05) is 23.4 Å². The fraction of sp³-hybridized carbons (Fsp3) is 0.485. The van der Waals surface area contributed by atoms with Gasteiger partial charge in [0.1, 0.15) is 5.69 Å². The van der Waals surface area contributed by atoms with E-state index in [0.29, 0.717) is 0 Å². The van der Waals surface area contributed by atoms with Gasteiger partial charge < -0.3 is 0 Å². The van der Waals surface area contributed by atoms with Crippen molar-refractivity contribution in [1.82, 2.24) is 9.78 Å². The quantitative estimate of drug-likeness (QED) is 0.256. The second kappa shape index (κ2) is 12.4. The van der Waals surface area contributed by atoms with Crippen molar-refractivity contribution in [1.29, 1.82) is 0 Å². The predicted molar refractivity (Wildman–Crippen MR) is 151 cm³/mol. The molecule has 0 aliphatic heterocycles. The van der Waals surface area contributed by atoms with Crippen LogP contribution >= 0.6 is 0 Å². The van der Waals surface area contributed by atoms with Crippen LogP contribution in [0.3, 0.4) is 0 Å². The molecule has 0 bridgehead atoms. The first kappa shape index (κ1) is 25.5. The van der Waals surface area contributed by atoms with Crippen LogP contribution < -0.4 is 0 Å². The molecule has 4 rings (SSSR count). The van der Waals surface area contributed by atoms with Crippen LogP contribution in [0.4, 0.5) is 0 Å². The highest BCUT2D eigenvalue weighted by atomic mass is 15.3. The first-order valence-corrected chi connectivity index (χ1v) is 13.9. The van der Waals surface area contributed by atoms with Gasteiger partial charge >= 0.3 is 0 Å². The molecule has 0 N–H and O–H groups in total. The molecule has 1 heterocycles. The van der Waals surface area contributed by atoms with E-state index < -0.39 is 0 Å². The lowest BCUT2D eigenvalue weighted by Crippen LogP contribution is -2.21. The van der Waals surface area contributed by atoms with Crippen molar-refractivity contribution in [2.75, 3.05) is 0 Å². The molecule has 0 amide bonds. The lowest BCUT2D eigenvalue weighted by Gasteiger charge is -2.29. The first-order valence-electron chi connectivity index (χ1n) is 13.9. The largest absolute Gasteiger partial charge is 0.268 e. The summed E-state index contributed by atoms with van der Waals surface area (Å²) in [5.74, 6) is 1.65. The highest BCUT2D eigenvalue weighted by Gasteiger charge is 2.25. The Balaban J connectivity index is 1.59. The van der Waals surface area contributed by atoms with E-state index in [0.717, 1.165) is 30.5 Å². The van der Waals surface area contributed by atoms with Crippen molar-refractivity contribution < 1.29 is 0 Å². The van der Waals surface area contributed by atoms with Gasteiger partial charge in [-0.3, -0.25) is 4.68 Å². The third kappa shape index (κ3) is 6.75. The number of hydrogen-bond donors (Lipinski definition) is 0. The molecular weight excluding hydrogens is 424 g/mol. The molecule has 1 aliphatic carbocycles. The molecule has 2 aromatic carbocycles. The van der Waals surface area contributed by atoms with E-state index in [1.807, 2.05) is 0 Å². The first-order chi connectivity index (χ1) is 17.0. The van der Waals surface area contributed by atoms with Crippen LogP contribution in [-0.2, 0) is 13.0 Å².